The molecule has 4 nitrogen and oxygen atoms in total. The summed E-state index contributed by atoms with van der Waals surface area (Å²) in [5.41, 5.74) is 0. The van der Waals surface area contributed by atoms with Crippen molar-refractivity contribution in [2.24, 2.45) is 0 Å². The number of rotatable bonds is 6. The van der Waals surface area contributed by atoms with E-state index in [-0.39, 0.29) is 21.8 Å². The number of hydrogen-bond donors (Lipinski definition) is 0. The lowest BCUT2D eigenvalue weighted by Gasteiger charge is -2.17. The van der Waals surface area contributed by atoms with E-state index >= 15 is 0 Å². The van der Waals surface area contributed by atoms with Crippen LogP contribution in [0.1, 0.15) is 77.0 Å². The smallest absolute Gasteiger partial charge is 0.330 e. The SMILES string of the molecule is C=CC(=O)OC1CCCCCCCCCCC1.C=CC(=O)OCCC(Br)Br. The molecule has 0 aliphatic heterocycles. The first-order valence-electron chi connectivity index (χ1n) is 9.90. The predicted molar refractivity (Wildman–Crippen MR) is 118 cm³/mol. The van der Waals surface area contributed by atoms with E-state index in [1.807, 2.05) is 0 Å². The summed E-state index contributed by atoms with van der Waals surface area (Å²) in [5.74, 6) is -0.636. The first-order chi connectivity index (χ1) is 13.0. The van der Waals surface area contributed by atoms with Gasteiger partial charge in [-0.3, -0.25) is 0 Å². The molecule has 0 unspecified atom stereocenters. The van der Waals surface area contributed by atoms with Gasteiger partial charge in [0.2, 0.25) is 0 Å². The van der Waals surface area contributed by atoms with Crippen LogP contribution in [-0.4, -0.2) is 28.4 Å². The van der Waals surface area contributed by atoms with E-state index in [2.05, 4.69) is 49.8 Å². The van der Waals surface area contributed by atoms with Crippen LogP contribution >= 0.6 is 31.9 Å². The van der Waals surface area contributed by atoms with E-state index in [4.69, 9.17) is 4.74 Å². The van der Waals surface area contributed by atoms with Crippen molar-refractivity contribution in [1.82, 2.24) is 0 Å². The standard InChI is InChI=1S/C15H26O2.C6H8Br2O2/c1-2-15(16)17-14-12-10-8-6-4-3-5-7-9-11-13-14;1-2-6(9)10-4-3-5(7)8/h2,14H,1,3-13H2;2,5H,1,3-4H2. The summed E-state index contributed by atoms with van der Waals surface area (Å²) in [7, 11) is 0. The Morgan fingerprint density at radius 1 is 0.852 bits per heavy atom. The zero-order valence-electron chi connectivity index (χ0n) is 16.3. The zero-order valence-corrected chi connectivity index (χ0v) is 19.5. The molecule has 156 valence electrons. The van der Waals surface area contributed by atoms with Crippen LogP contribution in [0.5, 0.6) is 0 Å². The highest BCUT2D eigenvalue weighted by Gasteiger charge is 2.12. The first kappa shape index (κ1) is 26.4. The highest BCUT2D eigenvalue weighted by atomic mass is 79.9. The number of carbonyl (C=O) groups is 2. The molecule has 1 fully saturated rings. The van der Waals surface area contributed by atoms with Gasteiger partial charge < -0.3 is 9.47 Å². The Morgan fingerprint density at radius 2 is 1.30 bits per heavy atom. The molecule has 0 atom stereocenters. The fraction of sp³-hybridized carbons (Fsp3) is 0.714. The van der Waals surface area contributed by atoms with E-state index in [0.29, 0.717) is 6.61 Å². The van der Waals surface area contributed by atoms with Gasteiger partial charge in [-0.05, 0) is 25.7 Å². The van der Waals surface area contributed by atoms with Crippen molar-refractivity contribution < 1.29 is 19.1 Å². The molecule has 0 aromatic rings. The van der Waals surface area contributed by atoms with Crippen LogP contribution in [-0.2, 0) is 19.1 Å². The molecular formula is C21H34Br2O4. The van der Waals surface area contributed by atoms with Gasteiger partial charge in [0.15, 0.2) is 0 Å². The summed E-state index contributed by atoms with van der Waals surface area (Å²) >= 11 is 6.49. The minimum absolute atomic E-state index is 0.125. The quantitative estimate of drug-likeness (QED) is 0.229. The lowest BCUT2D eigenvalue weighted by atomic mass is 9.99. The Morgan fingerprint density at radius 3 is 1.70 bits per heavy atom. The van der Waals surface area contributed by atoms with Gasteiger partial charge in [0.1, 0.15) is 6.10 Å². The van der Waals surface area contributed by atoms with E-state index in [0.717, 1.165) is 25.3 Å². The molecule has 6 heteroatoms. The average molecular weight is 510 g/mol. The molecule has 27 heavy (non-hydrogen) atoms. The van der Waals surface area contributed by atoms with Gasteiger partial charge in [-0.15, -0.1) is 0 Å². The molecule has 0 spiro atoms. The number of halogens is 2. The topological polar surface area (TPSA) is 52.6 Å². The molecule has 0 saturated heterocycles. The second kappa shape index (κ2) is 18.7. The van der Waals surface area contributed by atoms with Crippen molar-refractivity contribution in [3.05, 3.63) is 25.3 Å². The Labute approximate surface area is 181 Å². The van der Waals surface area contributed by atoms with Crippen LogP contribution < -0.4 is 0 Å². The van der Waals surface area contributed by atoms with Crippen LogP contribution in [0.25, 0.3) is 0 Å². The van der Waals surface area contributed by atoms with E-state index in [1.165, 1.54) is 63.9 Å². The highest BCUT2D eigenvalue weighted by molar-refractivity contribution is 9.24. The summed E-state index contributed by atoms with van der Waals surface area (Å²) in [6.45, 7) is 7.12. The molecule has 1 aliphatic rings. The van der Waals surface area contributed by atoms with Crippen molar-refractivity contribution in [2.45, 2.75) is 86.9 Å². The normalized spacial score (nSPS) is 16.7. The van der Waals surface area contributed by atoms with Gasteiger partial charge in [-0.1, -0.05) is 90.0 Å². The predicted octanol–water partition coefficient (Wildman–Crippen LogP) is 6.61. The molecule has 0 heterocycles. The Balaban J connectivity index is 0.000000580. The van der Waals surface area contributed by atoms with Gasteiger partial charge in [0, 0.05) is 18.6 Å². The van der Waals surface area contributed by atoms with Crippen molar-refractivity contribution in [1.29, 1.82) is 0 Å². The zero-order chi connectivity index (χ0) is 20.3. The summed E-state index contributed by atoms with van der Waals surface area (Å²) in [6.07, 6.45) is 17.1. The fourth-order valence-electron chi connectivity index (χ4n) is 2.76. The minimum Gasteiger partial charge on any atom is -0.462 e. The van der Waals surface area contributed by atoms with Gasteiger partial charge in [-0.2, -0.15) is 0 Å². The molecular weight excluding hydrogens is 476 g/mol. The second-order valence-electron chi connectivity index (χ2n) is 6.57. The Bertz CT molecular complexity index is 412. The van der Waals surface area contributed by atoms with Crippen LogP contribution in [0.4, 0.5) is 0 Å². The third-order valence-electron chi connectivity index (χ3n) is 4.25. The van der Waals surface area contributed by atoms with Crippen LogP contribution in [0.2, 0.25) is 0 Å². The molecule has 0 bridgehead atoms. The number of hydrogen-bond acceptors (Lipinski definition) is 4. The number of ether oxygens (including phenoxy) is 2. The van der Waals surface area contributed by atoms with Crippen LogP contribution in [0.15, 0.2) is 25.3 Å². The van der Waals surface area contributed by atoms with Crippen LogP contribution in [0.3, 0.4) is 0 Å². The van der Waals surface area contributed by atoms with Crippen molar-refractivity contribution in [2.75, 3.05) is 6.61 Å². The molecule has 0 amide bonds. The van der Waals surface area contributed by atoms with Crippen LogP contribution in [0, 0.1) is 0 Å². The lowest BCUT2D eigenvalue weighted by Crippen LogP contribution is -2.17. The molecule has 1 aliphatic carbocycles. The van der Waals surface area contributed by atoms with Gasteiger partial charge in [0.05, 0.1) is 10.3 Å². The van der Waals surface area contributed by atoms with Gasteiger partial charge in [-0.25, -0.2) is 9.59 Å². The monoisotopic (exact) mass is 508 g/mol. The maximum absolute atomic E-state index is 11.2. The maximum atomic E-state index is 11.2. The third-order valence-corrected chi connectivity index (χ3v) is 5.16. The molecule has 1 rings (SSSR count). The number of carbonyl (C=O) groups excluding carboxylic acids is 2. The lowest BCUT2D eigenvalue weighted by molar-refractivity contribution is -0.143. The highest BCUT2D eigenvalue weighted by Crippen LogP contribution is 2.19. The second-order valence-corrected chi connectivity index (χ2v) is 10.0. The summed E-state index contributed by atoms with van der Waals surface area (Å²) in [6, 6.07) is 0. The molecule has 0 N–H and O–H groups in total. The summed E-state index contributed by atoms with van der Waals surface area (Å²) in [5, 5.41) is 0. The maximum Gasteiger partial charge on any atom is 0.330 e. The van der Waals surface area contributed by atoms with Gasteiger partial charge in [0.25, 0.3) is 0 Å². The molecule has 0 aromatic heterocycles. The molecule has 0 radical (unpaired) electrons. The third kappa shape index (κ3) is 18.5. The summed E-state index contributed by atoms with van der Waals surface area (Å²) in [4.78, 5) is 21.6. The van der Waals surface area contributed by atoms with Crippen molar-refractivity contribution in [3.8, 4) is 0 Å². The largest absolute Gasteiger partial charge is 0.462 e. The Hall–Kier alpha value is -0.620. The number of esters is 2. The van der Waals surface area contributed by atoms with E-state index < -0.39 is 0 Å². The summed E-state index contributed by atoms with van der Waals surface area (Å²) < 4.78 is 10.3. The first-order valence-corrected chi connectivity index (χ1v) is 11.7. The molecule has 0 aromatic carbocycles. The fourth-order valence-corrected chi connectivity index (χ4v) is 3.14. The minimum atomic E-state index is -0.374. The van der Waals surface area contributed by atoms with Gasteiger partial charge >= 0.3 is 11.9 Å². The average Bonchev–Trinajstić information content (AvgIpc) is 2.63. The molecule has 1 saturated carbocycles. The van der Waals surface area contributed by atoms with Crippen molar-refractivity contribution in [3.63, 3.8) is 0 Å². The van der Waals surface area contributed by atoms with E-state index in [1.54, 1.807) is 0 Å². The number of alkyl halides is 2. The van der Waals surface area contributed by atoms with Crippen molar-refractivity contribution >= 4 is 43.8 Å². The Kier molecular flexibility index (Phi) is 18.3. The van der Waals surface area contributed by atoms with E-state index in [9.17, 15) is 9.59 Å².